The summed E-state index contributed by atoms with van der Waals surface area (Å²) in [6, 6.07) is 7.04. The van der Waals surface area contributed by atoms with E-state index < -0.39 is 0 Å². The first-order chi connectivity index (χ1) is 13.0. The van der Waals surface area contributed by atoms with Crippen LogP contribution < -0.4 is 15.4 Å². The molecule has 0 fully saturated rings. The highest BCUT2D eigenvalue weighted by molar-refractivity contribution is 7.99. The second-order valence-corrected chi connectivity index (χ2v) is 6.99. The molecule has 0 bridgehead atoms. The molecule has 0 aliphatic carbocycles. The molecule has 1 aromatic carbocycles. The number of carbonyl (C=O) groups is 2. The number of halogens is 1. The quantitative estimate of drug-likeness (QED) is 0.578. The summed E-state index contributed by atoms with van der Waals surface area (Å²) in [6.07, 6.45) is 0.853. The minimum atomic E-state index is -0.242. The predicted octanol–water partition coefficient (Wildman–Crippen LogP) is 1.78. The standard InChI is InChI=1S/C17H22ClN5O3S/c1-3-8-19-15(24)9-20-16(25)11-27-17-22-21-14(23(17)2)10-26-13-6-4-12(18)5-7-13/h4-7H,3,8-11H2,1-2H3,(H,19,24)(H,20,25). The van der Waals surface area contributed by atoms with Crippen LogP contribution in [0.4, 0.5) is 0 Å². The predicted molar refractivity (Wildman–Crippen MR) is 104 cm³/mol. The van der Waals surface area contributed by atoms with Gasteiger partial charge >= 0.3 is 0 Å². The number of rotatable bonds is 10. The number of amides is 2. The summed E-state index contributed by atoms with van der Waals surface area (Å²) >= 11 is 7.08. The first-order valence-corrected chi connectivity index (χ1v) is 9.78. The fraction of sp³-hybridized carbons (Fsp3) is 0.412. The van der Waals surface area contributed by atoms with Crippen molar-refractivity contribution in [2.24, 2.45) is 7.05 Å². The molecule has 1 aromatic heterocycles. The van der Waals surface area contributed by atoms with E-state index in [0.29, 0.717) is 28.3 Å². The van der Waals surface area contributed by atoms with Crippen molar-refractivity contribution in [1.29, 1.82) is 0 Å². The van der Waals surface area contributed by atoms with Gasteiger partial charge in [0, 0.05) is 18.6 Å². The van der Waals surface area contributed by atoms with Crippen LogP contribution in [-0.4, -0.2) is 45.4 Å². The highest BCUT2D eigenvalue weighted by atomic mass is 35.5. The number of nitrogens with one attached hydrogen (secondary N) is 2. The molecule has 0 aliphatic rings. The minimum Gasteiger partial charge on any atom is -0.486 e. The lowest BCUT2D eigenvalue weighted by atomic mass is 10.3. The summed E-state index contributed by atoms with van der Waals surface area (Å²) in [5.74, 6) is 1.01. The first-order valence-electron chi connectivity index (χ1n) is 8.42. The van der Waals surface area contributed by atoms with E-state index in [1.54, 1.807) is 35.9 Å². The van der Waals surface area contributed by atoms with Crippen LogP contribution in [0.5, 0.6) is 5.75 Å². The Labute approximate surface area is 167 Å². The van der Waals surface area contributed by atoms with Crippen LogP contribution in [0.2, 0.25) is 5.02 Å². The molecule has 2 amide bonds. The second kappa shape index (κ2) is 10.8. The molecule has 2 aromatic rings. The number of hydrogen-bond donors (Lipinski definition) is 2. The number of benzene rings is 1. The monoisotopic (exact) mass is 411 g/mol. The summed E-state index contributed by atoms with van der Waals surface area (Å²) in [7, 11) is 1.80. The van der Waals surface area contributed by atoms with Crippen LogP contribution in [0.25, 0.3) is 0 Å². The van der Waals surface area contributed by atoms with Crippen molar-refractivity contribution >= 4 is 35.2 Å². The Bertz CT molecular complexity index is 766. The molecule has 0 saturated carbocycles. The van der Waals surface area contributed by atoms with E-state index in [9.17, 15) is 9.59 Å². The van der Waals surface area contributed by atoms with Crippen molar-refractivity contribution in [2.45, 2.75) is 25.1 Å². The van der Waals surface area contributed by atoms with Gasteiger partial charge in [0.15, 0.2) is 11.0 Å². The van der Waals surface area contributed by atoms with Crippen molar-refractivity contribution in [3.05, 3.63) is 35.1 Å². The molecular weight excluding hydrogens is 390 g/mol. The summed E-state index contributed by atoms with van der Waals surface area (Å²) in [4.78, 5) is 23.3. The average Bonchev–Trinajstić information content (AvgIpc) is 3.02. The molecule has 0 aliphatic heterocycles. The molecular formula is C17H22ClN5O3S. The maximum atomic E-state index is 11.8. The Balaban J connectivity index is 1.76. The highest BCUT2D eigenvalue weighted by Gasteiger charge is 2.12. The number of hydrogen-bond acceptors (Lipinski definition) is 6. The molecule has 10 heteroatoms. The van der Waals surface area contributed by atoms with Gasteiger partial charge in [-0.3, -0.25) is 9.59 Å². The number of carbonyl (C=O) groups excluding carboxylic acids is 2. The summed E-state index contributed by atoms with van der Waals surface area (Å²) in [6.45, 7) is 2.78. The number of thioether (sulfide) groups is 1. The summed E-state index contributed by atoms with van der Waals surface area (Å²) in [5, 5.41) is 14.6. The van der Waals surface area contributed by atoms with Crippen molar-refractivity contribution in [3.63, 3.8) is 0 Å². The lowest BCUT2D eigenvalue weighted by Gasteiger charge is -2.07. The largest absolute Gasteiger partial charge is 0.486 e. The Kier molecular flexibility index (Phi) is 8.41. The topological polar surface area (TPSA) is 98.1 Å². The molecule has 146 valence electrons. The van der Waals surface area contributed by atoms with Gasteiger partial charge in [0.25, 0.3) is 0 Å². The fourth-order valence-corrected chi connectivity index (χ4v) is 2.85. The van der Waals surface area contributed by atoms with Crippen LogP contribution >= 0.6 is 23.4 Å². The Morgan fingerprint density at radius 3 is 2.63 bits per heavy atom. The highest BCUT2D eigenvalue weighted by Crippen LogP contribution is 2.18. The number of aromatic nitrogens is 3. The average molecular weight is 412 g/mol. The Morgan fingerprint density at radius 2 is 1.93 bits per heavy atom. The molecule has 1 heterocycles. The molecule has 2 N–H and O–H groups in total. The van der Waals surface area contributed by atoms with Crippen molar-refractivity contribution in [2.75, 3.05) is 18.8 Å². The SMILES string of the molecule is CCCNC(=O)CNC(=O)CSc1nnc(COc2ccc(Cl)cc2)n1C. The molecule has 0 unspecified atom stereocenters. The summed E-state index contributed by atoms with van der Waals surface area (Å²) < 4.78 is 7.41. The minimum absolute atomic E-state index is 0.0294. The zero-order valence-corrected chi connectivity index (χ0v) is 16.8. The smallest absolute Gasteiger partial charge is 0.239 e. The summed E-state index contributed by atoms with van der Waals surface area (Å²) in [5.41, 5.74) is 0. The molecule has 8 nitrogen and oxygen atoms in total. The Morgan fingerprint density at radius 1 is 1.19 bits per heavy atom. The van der Waals surface area contributed by atoms with Crippen molar-refractivity contribution < 1.29 is 14.3 Å². The van der Waals surface area contributed by atoms with Gasteiger partial charge in [-0.25, -0.2) is 0 Å². The third kappa shape index (κ3) is 7.10. The van der Waals surface area contributed by atoms with E-state index in [2.05, 4.69) is 20.8 Å². The second-order valence-electron chi connectivity index (χ2n) is 5.62. The van der Waals surface area contributed by atoms with Gasteiger partial charge in [-0.05, 0) is 30.7 Å². The first kappa shape index (κ1) is 21.0. The normalized spacial score (nSPS) is 10.5. The van der Waals surface area contributed by atoms with E-state index in [1.807, 2.05) is 6.92 Å². The van der Waals surface area contributed by atoms with Crippen LogP contribution in [0.1, 0.15) is 19.2 Å². The molecule has 0 saturated heterocycles. The van der Waals surface area contributed by atoms with Crippen LogP contribution in [0.15, 0.2) is 29.4 Å². The van der Waals surface area contributed by atoms with Gasteiger partial charge in [-0.2, -0.15) is 0 Å². The van der Waals surface area contributed by atoms with Crippen molar-refractivity contribution in [1.82, 2.24) is 25.4 Å². The maximum Gasteiger partial charge on any atom is 0.239 e. The zero-order valence-electron chi connectivity index (χ0n) is 15.2. The fourth-order valence-electron chi connectivity index (χ4n) is 1.96. The van der Waals surface area contributed by atoms with E-state index in [1.165, 1.54) is 11.8 Å². The van der Waals surface area contributed by atoms with E-state index >= 15 is 0 Å². The third-order valence-corrected chi connectivity index (χ3v) is 4.73. The lowest BCUT2D eigenvalue weighted by molar-refractivity contribution is -0.124. The van der Waals surface area contributed by atoms with Gasteiger partial charge in [0.1, 0.15) is 12.4 Å². The molecule has 2 rings (SSSR count). The van der Waals surface area contributed by atoms with Crippen LogP contribution in [0.3, 0.4) is 0 Å². The van der Waals surface area contributed by atoms with E-state index in [4.69, 9.17) is 16.3 Å². The number of nitrogens with zero attached hydrogens (tertiary/aromatic N) is 3. The van der Waals surface area contributed by atoms with Gasteiger partial charge in [-0.15, -0.1) is 10.2 Å². The lowest BCUT2D eigenvalue weighted by Crippen LogP contribution is -2.37. The van der Waals surface area contributed by atoms with Gasteiger partial charge in [-0.1, -0.05) is 30.3 Å². The van der Waals surface area contributed by atoms with Gasteiger partial charge in [0.2, 0.25) is 11.8 Å². The molecule has 27 heavy (non-hydrogen) atoms. The molecule has 0 atom stereocenters. The van der Waals surface area contributed by atoms with Crippen LogP contribution in [0, 0.1) is 0 Å². The molecule has 0 radical (unpaired) electrons. The Hall–Kier alpha value is -2.26. The number of ether oxygens (including phenoxy) is 1. The van der Waals surface area contributed by atoms with E-state index in [-0.39, 0.29) is 30.7 Å². The van der Waals surface area contributed by atoms with Gasteiger partial charge in [0.05, 0.1) is 12.3 Å². The molecule has 0 spiro atoms. The van der Waals surface area contributed by atoms with Crippen LogP contribution in [-0.2, 0) is 23.2 Å². The van der Waals surface area contributed by atoms with E-state index in [0.717, 1.165) is 6.42 Å². The van der Waals surface area contributed by atoms with Gasteiger partial charge < -0.3 is 19.9 Å². The zero-order chi connectivity index (χ0) is 19.6. The maximum absolute atomic E-state index is 11.8. The van der Waals surface area contributed by atoms with Crippen molar-refractivity contribution in [3.8, 4) is 5.75 Å². The third-order valence-electron chi connectivity index (χ3n) is 3.46.